The van der Waals surface area contributed by atoms with Crippen LogP contribution in [-0.2, 0) is 17.1 Å². The Morgan fingerprint density at radius 3 is 0.600 bits per heavy atom. The molecule has 0 aromatic rings. The number of rotatable bonds is 0. The molecular formula is HCl3FeK. The summed E-state index contributed by atoms with van der Waals surface area (Å²) in [5.74, 6) is 0. The fourth-order valence-electron chi connectivity index (χ4n) is 0. The fraction of sp³-hybridized carbons (Fsp3) is 0. The third-order valence-electron chi connectivity index (χ3n) is 0. The number of hydrogen-bond acceptors (Lipinski definition) is 0. The Kier molecular flexibility index (Phi) is 241. The first kappa shape index (κ1) is 43.3. The van der Waals surface area contributed by atoms with Crippen molar-refractivity contribution in [2.45, 2.75) is 0 Å². The molecule has 0 aliphatic rings. The quantitative estimate of drug-likeness (QED) is 0.342. The summed E-state index contributed by atoms with van der Waals surface area (Å²) in [6.07, 6.45) is 0. The molecule has 0 aliphatic carbocycles. The van der Waals surface area contributed by atoms with E-state index in [0.717, 1.165) is 0 Å². The van der Waals surface area contributed by atoms with Gasteiger partial charge in [-0.25, -0.2) is 0 Å². The predicted molar refractivity (Wildman–Crippen MR) is 7.15 cm³/mol. The van der Waals surface area contributed by atoms with Crippen molar-refractivity contribution in [3.05, 3.63) is 0 Å². The molecule has 0 heterocycles. The van der Waals surface area contributed by atoms with Crippen molar-refractivity contribution in [1.29, 1.82) is 0 Å². The molecule has 0 saturated heterocycles. The van der Waals surface area contributed by atoms with Gasteiger partial charge in [0.25, 0.3) is 0 Å². The van der Waals surface area contributed by atoms with Gasteiger partial charge in [-0.2, -0.15) is 0 Å². The van der Waals surface area contributed by atoms with Crippen molar-refractivity contribution in [3.63, 3.8) is 0 Å². The minimum atomic E-state index is 0. The van der Waals surface area contributed by atoms with E-state index >= 15 is 0 Å². The first-order valence-corrected chi connectivity index (χ1v) is 0. The van der Waals surface area contributed by atoms with Crippen LogP contribution < -0.4 is 37.2 Å². The number of hydrogen-bond donors (Lipinski definition) is 0. The van der Waals surface area contributed by atoms with Crippen molar-refractivity contribution >= 4 is 51.4 Å². The maximum absolute atomic E-state index is 0. The molecule has 0 aliphatic heterocycles. The van der Waals surface area contributed by atoms with Crippen LogP contribution >= 0.6 is 0 Å². The fourth-order valence-corrected chi connectivity index (χ4v) is 0. The van der Waals surface area contributed by atoms with Crippen LogP contribution in [0, 0.1) is 0 Å². The summed E-state index contributed by atoms with van der Waals surface area (Å²) in [4.78, 5) is 0. The second-order valence-corrected chi connectivity index (χ2v) is 0. The van der Waals surface area contributed by atoms with Crippen LogP contribution in [0.15, 0.2) is 0 Å². The molecule has 0 atom stereocenters. The van der Waals surface area contributed by atoms with Gasteiger partial charge in [0, 0.05) is 0 Å². The molecular weight excluding hydrogens is 201 g/mol. The van der Waals surface area contributed by atoms with E-state index < -0.39 is 0 Å². The van der Waals surface area contributed by atoms with E-state index in [9.17, 15) is 0 Å². The van der Waals surface area contributed by atoms with Gasteiger partial charge in [-0.3, -0.25) is 0 Å². The molecule has 1 radical (unpaired) electrons. The summed E-state index contributed by atoms with van der Waals surface area (Å²) in [5, 5.41) is 0. The second-order valence-electron chi connectivity index (χ2n) is 0. The molecule has 0 rings (SSSR count). The molecule has 0 bridgehead atoms. The third kappa shape index (κ3) is 19.4. The Balaban J connectivity index is 0. The van der Waals surface area contributed by atoms with E-state index in [-0.39, 0.29) is 106 Å². The van der Waals surface area contributed by atoms with Gasteiger partial charge in [0.05, 0.1) is 0 Å². The second kappa shape index (κ2) is 27.9. The van der Waals surface area contributed by atoms with E-state index in [2.05, 4.69) is 0 Å². The zero-order valence-electron chi connectivity index (χ0n) is 1.49. The van der Waals surface area contributed by atoms with Crippen LogP contribution in [0.25, 0.3) is 0 Å². The van der Waals surface area contributed by atoms with Gasteiger partial charge in [-0.15, -0.1) is 0 Å². The molecule has 0 unspecified atom stereocenters. The van der Waals surface area contributed by atoms with Gasteiger partial charge in [-0.05, 0) is 0 Å². The Morgan fingerprint density at radius 1 is 0.600 bits per heavy atom. The Hall–Kier alpha value is 3.03. The predicted octanol–water partition coefficient (Wildman–Crippen LogP) is -9.64. The van der Waals surface area contributed by atoms with Crippen molar-refractivity contribution in [2.24, 2.45) is 0 Å². The van der Waals surface area contributed by atoms with Gasteiger partial charge in [0.2, 0.25) is 0 Å². The molecule has 0 saturated carbocycles. The topological polar surface area (TPSA) is 0 Å². The van der Waals surface area contributed by atoms with Crippen molar-refractivity contribution in [3.8, 4) is 0 Å². The van der Waals surface area contributed by atoms with Crippen LogP contribution in [0.1, 0.15) is 0 Å². The minimum absolute atomic E-state index is 0. The molecule has 5 heteroatoms. The summed E-state index contributed by atoms with van der Waals surface area (Å²) in [7, 11) is 0. The Bertz CT molecular complexity index is 6.85. The van der Waals surface area contributed by atoms with Gasteiger partial charge in [0.15, 0.2) is 0 Å². The average Bonchev–Trinajstić information content (AvgIpc) is 0. The van der Waals surface area contributed by atoms with Crippen molar-refractivity contribution < 1.29 is 54.3 Å². The summed E-state index contributed by atoms with van der Waals surface area (Å²) >= 11 is 0. The SMILES string of the molecule is [Cl-].[Cl-].[Cl-].[Fe+3].[KH]. The monoisotopic (exact) mass is 201 g/mol. The van der Waals surface area contributed by atoms with Crippen LogP contribution in [0.2, 0.25) is 0 Å². The summed E-state index contributed by atoms with van der Waals surface area (Å²) in [6, 6.07) is 0. The van der Waals surface area contributed by atoms with Crippen LogP contribution in [0.3, 0.4) is 0 Å². The summed E-state index contributed by atoms with van der Waals surface area (Å²) < 4.78 is 0. The van der Waals surface area contributed by atoms with Gasteiger partial charge in [0.1, 0.15) is 0 Å². The average molecular weight is 202 g/mol. The summed E-state index contributed by atoms with van der Waals surface area (Å²) in [5.41, 5.74) is 0. The Labute approximate surface area is 103 Å². The van der Waals surface area contributed by atoms with Crippen LogP contribution in [0.4, 0.5) is 0 Å². The van der Waals surface area contributed by atoms with Gasteiger partial charge >= 0.3 is 68.5 Å². The molecule has 0 spiro atoms. The van der Waals surface area contributed by atoms with E-state index in [0.29, 0.717) is 0 Å². The molecule has 31 valence electrons. The molecule has 5 heavy (non-hydrogen) atoms. The van der Waals surface area contributed by atoms with Gasteiger partial charge in [-0.1, -0.05) is 0 Å². The molecule has 0 fully saturated rings. The zero-order chi connectivity index (χ0) is 0. The molecule has 0 aromatic heterocycles. The van der Waals surface area contributed by atoms with Crippen molar-refractivity contribution in [2.75, 3.05) is 0 Å². The molecule has 0 N–H and O–H groups in total. The first-order chi connectivity index (χ1) is 0. The van der Waals surface area contributed by atoms with E-state index in [1.807, 2.05) is 0 Å². The first-order valence-electron chi connectivity index (χ1n) is 0. The third-order valence-corrected chi connectivity index (χ3v) is 0. The molecule has 0 nitrogen and oxygen atoms in total. The number of halogens is 3. The zero-order valence-corrected chi connectivity index (χ0v) is 4.86. The maximum atomic E-state index is 0. The van der Waals surface area contributed by atoms with Crippen LogP contribution in [-0.4, -0.2) is 51.4 Å². The molecule has 0 aromatic carbocycles. The van der Waals surface area contributed by atoms with E-state index in [4.69, 9.17) is 0 Å². The van der Waals surface area contributed by atoms with Crippen molar-refractivity contribution in [1.82, 2.24) is 0 Å². The van der Waals surface area contributed by atoms with E-state index in [1.54, 1.807) is 0 Å². The standard InChI is InChI=1S/3ClH.Fe.K.H/h3*1H;;;/q;;;+3;;/p-3. The normalized spacial score (nSPS) is 0. The summed E-state index contributed by atoms with van der Waals surface area (Å²) in [6.45, 7) is 0. The van der Waals surface area contributed by atoms with Crippen LogP contribution in [0.5, 0.6) is 0 Å². The van der Waals surface area contributed by atoms with Gasteiger partial charge < -0.3 is 37.2 Å². The Morgan fingerprint density at radius 2 is 0.600 bits per heavy atom. The van der Waals surface area contributed by atoms with E-state index in [1.165, 1.54) is 0 Å². The molecule has 0 amide bonds.